The Bertz CT molecular complexity index is 635. The summed E-state index contributed by atoms with van der Waals surface area (Å²) in [5.74, 6) is -0.952. The fourth-order valence-corrected chi connectivity index (χ4v) is 2.38. The molecular formula is C18H23NO5. The molecule has 0 spiro atoms. The van der Waals surface area contributed by atoms with E-state index >= 15 is 0 Å². The third-order valence-electron chi connectivity index (χ3n) is 3.77. The summed E-state index contributed by atoms with van der Waals surface area (Å²) >= 11 is 0. The number of Topliss-reactive ketones (excluding diaryl/α,β-unsaturated/α-hetero) is 1. The quantitative estimate of drug-likeness (QED) is 0.628. The molecule has 1 fully saturated rings. The normalized spacial score (nSPS) is 20.8. The molecule has 1 saturated heterocycles. The van der Waals surface area contributed by atoms with Gasteiger partial charge in [-0.25, -0.2) is 4.79 Å². The number of likely N-dealkylation sites (tertiary alicyclic amines) is 1. The third kappa shape index (κ3) is 4.13. The minimum absolute atomic E-state index is 0.0334. The van der Waals surface area contributed by atoms with Crippen LogP contribution >= 0.6 is 0 Å². The summed E-state index contributed by atoms with van der Waals surface area (Å²) in [6, 6.07) is 9.25. The summed E-state index contributed by atoms with van der Waals surface area (Å²) in [4.78, 5) is 38.0. The molecule has 6 nitrogen and oxygen atoms in total. The lowest BCUT2D eigenvalue weighted by molar-refractivity contribution is -0.167. The van der Waals surface area contributed by atoms with Crippen molar-refractivity contribution in [2.45, 2.75) is 39.9 Å². The molecule has 1 unspecified atom stereocenters. The zero-order valence-corrected chi connectivity index (χ0v) is 14.5. The van der Waals surface area contributed by atoms with Crippen LogP contribution in [0.5, 0.6) is 0 Å². The maximum Gasteiger partial charge on any atom is 0.410 e. The van der Waals surface area contributed by atoms with E-state index in [1.807, 2.05) is 30.3 Å². The van der Waals surface area contributed by atoms with Gasteiger partial charge in [0.1, 0.15) is 17.6 Å². The van der Waals surface area contributed by atoms with Gasteiger partial charge in [-0.1, -0.05) is 30.3 Å². The number of carbonyl (C=O) groups excluding carboxylic acids is 3. The lowest BCUT2D eigenvalue weighted by atomic mass is 9.88. The molecule has 0 aromatic heterocycles. The van der Waals surface area contributed by atoms with Crippen LogP contribution in [0.15, 0.2) is 30.3 Å². The third-order valence-corrected chi connectivity index (χ3v) is 3.77. The fraction of sp³-hybridized carbons (Fsp3) is 0.500. The summed E-state index contributed by atoms with van der Waals surface area (Å²) < 4.78 is 10.5. The van der Waals surface area contributed by atoms with Crippen molar-refractivity contribution in [3.8, 4) is 0 Å². The zero-order valence-electron chi connectivity index (χ0n) is 14.5. The first-order valence-corrected chi connectivity index (χ1v) is 7.84. The molecule has 24 heavy (non-hydrogen) atoms. The van der Waals surface area contributed by atoms with E-state index in [1.54, 1.807) is 20.8 Å². The molecule has 1 aromatic rings. The second-order valence-corrected chi connectivity index (χ2v) is 7.15. The first-order chi connectivity index (χ1) is 11.1. The minimum Gasteiger partial charge on any atom is -0.459 e. The zero-order chi connectivity index (χ0) is 18.0. The Balaban J connectivity index is 1.98. The Morgan fingerprint density at radius 3 is 2.42 bits per heavy atom. The predicted molar refractivity (Wildman–Crippen MR) is 87.2 cm³/mol. The topological polar surface area (TPSA) is 72.9 Å². The summed E-state index contributed by atoms with van der Waals surface area (Å²) in [5.41, 5.74) is -1.19. The van der Waals surface area contributed by atoms with Gasteiger partial charge >= 0.3 is 12.1 Å². The molecule has 1 aromatic carbocycles. The highest BCUT2D eigenvalue weighted by atomic mass is 16.6. The standard InChI is InChI=1S/C18H23NO5/c1-17(2,3)24-15(21)18(4)12-19(10-14(18)20)16(22)23-11-13-8-6-5-7-9-13/h5-9H,10-12H2,1-4H3. The van der Waals surface area contributed by atoms with Gasteiger partial charge < -0.3 is 9.47 Å². The van der Waals surface area contributed by atoms with Crippen LogP contribution in [-0.2, 0) is 25.7 Å². The molecule has 1 aliphatic rings. The molecule has 0 aliphatic carbocycles. The van der Waals surface area contributed by atoms with Crippen LogP contribution in [0.25, 0.3) is 0 Å². The summed E-state index contributed by atoms with van der Waals surface area (Å²) in [5, 5.41) is 0. The van der Waals surface area contributed by atoms with Crippen molar-refractivity contribution in [2.24, 2.45) is 5.41 Å². The number of ketones is 1. The smallest absolute Gasteiger partial charge is 0.410 e. The van der Waals surface area contributed by atoms with Gasteiger partial charge in [-0.3, -0.25) is 14.5 Å². The number of rotatable bonds is 3. The van der Waals surface area contributed by atoms with Crippen LogP contribution < -0.4 is 0 Å². The average molecular weight is 333 g/mol. The molecule has 0 radical (unpaired) electrons. The van der Waals surface area contributed by atoms with Crippen LogP contribution in [0.4, 0.5) is 4.79 Å². The van der Waals surface area contributed by atoms with E-state index < -0.39 is 23.1 Å². The molecule has 1 amide bonds. The van der Waals surface area contributed by atoms with Crippen molar-refractivity contribution in [3.05, 3.63) is 35.9 Å². The van der Waals surface area contributed by atoms with Crippen LogP contribution in [0.1, 0.15) is 33.3 Å². The van der Waals surface area contributed by atoms with Crippen molar-refractivity contribution < 1.29 is 23.9 Å². The lowest BCUT2D eigenvalue weighted by Gasteiger charge is -2.27. The Morgan fingerprint density at radius 1 is 1.21 bits per heavy atom. The van der Waals surface area contributed by atoms with Crippen molar-refractivity contribution in [2.75, 3.05) is 13.1 Å². The number of amides is 1. The number of hydrogen-bond acceptors (Lipinski definition) is 5. The maximum absolute atomic E-state index is 12.3. The van der Waals surface area contributed by atoms with E-state index in [0.717, 1.165) is 5.56 Å². The largest absolute Gasteiger partial charge is 0.459 e. The monoisotopic (exact) mass is 333 g/mol. The Labute approximate surface area is 141 Å². The van der Waals surface area contributed by atoms with Crippen molar-refractivity contribution in [3.63, 3.8) is 0 Å². The second-order valence-electron chi connectivity index (χ2n) is 7.15. The van der Waals surface area contributed by atoms with E-state index in [4.69, 9.17) is 9.47 Å². The van der Waals surface area contributed by atoms with Gasteiger partial charge in [-0.15, -0.1) is 0 Å². The first-order valence-electron chi connectivity index (χ1n) is 7.84. The van der Waals surface area contributed by atoms with Gasteiger partial charge in [0.25, 0.3) is 0 Å². The second kappa shape index (κ2) is 6.63. The van der Waals surface area contributed by atoms with Crippen molar-refractivity contribution in [1.29, 1.82) is 0 Å². The number of ether oxygens (including phenoxy) is 2. The summed E-state index contributed by atoms with van der Waals surface area (Å²) in [7, 11) is 0. The molecule has 1 aliphatic heterocycles. The van der Waals surface area contributed by atoms with Crippen molar-refractivity contribution >= 4 is 17.8 Å². The van der Waals surface area contributed by atoms with Gasteiger partial charge in [0.05, 0.1) is 6.54 Å². The predicted octanol–water partition coefficient (Wildman–Crippen LogP) is 2.56. The number of hydrogen-bond donors (Lipinski definition) is 0. The van der Waals surface area contributed by atoms with E-state index in [1.165, 1.54) is 11.8 Å². The van der Waals surface area contributed by atoms with Gasteiger partial charge in [-0.2, -0.15) is 0 Å². The number of nitrogens with zero attached hydrogens (tertiary/aromatic N) is 1. The molecular weight excluding hydrogens is 310 g/mol. The highest BCUT2D eigenvalue weighted by molar-refractivity contribution is 6.07. The minimum atomic E-state index is -1.35. The van der Waals surface area contributed by atoms with E-state index in [0.29, 0.717) is 0 Å². The Morgan fingerprint density at radius 2 is 1.83 bits per heavy atom. The van der Waals surface area contributed by atoms with Gasteiger partial charge in [0.2, 0.25) is 0 Å². The molecule has 1 atom stereocenters. The van der Waals surface area contributed by atoms with E-state index in [9.17, 15) is 14.4 Å². The number of benzene rings is 1. The molecule has 0 saturated carbocycles. The molecule has 130 valence electrons. The van der Waals surface area contributed by atoms with Crippen molar-refractivity contribution in [1.82, 2.24) is 4.90 Å². The first kappa shape index (κ1) is 18.0. The van der Waals surface area contributed by atoms with Crippen LogP contribution in [-0.4, -0.2) is 41.4 Å². The summed E-state index contributed by atoms with van der Waals surface area (Å²) in [6.07, 6.45) is -0.612. The molecule has 2 rings (SSSR count). The Kier molecular flexibility index (Phi) is 4.96. The molecule has 0 bridgehead atoms. The van der Waals surface area contributed by atoms with Crippen LogP contribution in [0.2, 0.25) is 0 Å². The average Bonchev–Trinajstić information content (AvgIpc) is 2.81. The maximum atomic E-state index is 12.3. The Hall–Kier alpha value is -2.37. The number of esters is 1. The van der Waals surface area contributed by atoms with Crippen LogP contribution in [0, 0.1) is 5.41 Å². The highest BCUT2D eigenvalue weighted by Crippen LogP contribution is 2.30. The highest BCUT2D eigenvalue weighted by Gasteiger charge is 2.51. The molecule has 0 N–H and O–H groups in total. The van der Waals surface area contributed by atoms with E-state index in [-0.39, 0.29) is 25.5 Å². The fourth-order valence-electron chi connectivity index (χ4n) is 2.38. The van der Waals surface area contributed by atoms with Gasteiger partial charge in [-0.05, 0) is 33.3 Å². The summed E-state index contributed by atoms with van der Waals surface area (Å²) in [6.45, 7) is 6.65. The molecule has 1 heterocycles. The molecule has 6 heteroatoms. The number of carbonyl (C=O) groups is 3. The van der Waals surface area contributed by atoms with Crippen LogP contribution in [0.3, 0.4) is 0 Å². The van der Waals surface area contributed by atoms with Gasteiger partial charge in [0, 0.05) is 6.54 Å². The lowest BCUT2D eigenvalue weighted by Crippen LogP contribution is -2.42. The SMILES string of the molecule is CC(C)(C)OC(=O)C1(C)CN(C(=O)OCc2ccccc2)CC1=O. The van der Waals surface area contributed by atoms with Gasteiger partial charge in [0.15, 0.2) is 5.78 Å². The van der Waals surface area contributed by atoms with E-state index in [2.05, 4.69) is 0 Å².